The van der Waals surface area contributed by atoms with Crippen LogP contribution in [0, 0.1) is 5.92 Å². The Bertz CT molecular complexity index is 195. The van der Waals surface area contributed by atoms with Gasteiger partial charge in [0.15, 0.2) is 0 Å². The fourth-order valence-electron chi connectivity index (χ4n) is 1.15. The average Bonchev–Trinajstić information content (AvgIpc) is 2.33. The van der Waals surface area contributed by atoms with Crippen molar-refractivity contribution < 1.29 is 9.90 Å². The van der Waals surface area contributed by atoms with Crippen LogP contribution in [-0.2, 0) is 4.79 Å². The maximum atomic E-state index is 10.6. The van der Waals surface area contributed by atoms with E-state index in [4.69, 9.17) is 5.11 Å². The molecular formula is C8H15NO2S. The van der Waals surface area contributed by atoms with Crippen LogP contribution in [0.2, 0.25) is 0 Å². The molecule has 2 atom stereocenters. The molecule has 0 saturated carbocycles. The number of thioether (sulfide) groups is 1. The summed E-state index contributed by atoms with van der Waals surface area (Å²) in [4.78, 5) is 10.6. The van der Waals surface area contributed by atoms with Gasteiger partial charge in [0.25, 0.3) is 0 Å². The van der Waals surface area contributed by atoms with Crippen LogP contribution in [0.5, 0.6) is 0 Å². The lowest BCUT2D eigenvalue weighted by atomic mass is 10.1. The van der Waals surface area contributed by atoms with Crippen LogP contribution in [0.3, 0.4) is 0 Å². The zero-order chi connectivity index (χ0) is 9.35. The summed E-state index contributed by atoms with van der Waals surface area (Å²) < 4.78 is 0. The number of hydrogen-bond donors (Lipinski definition) is 2. The first-order valence-corrected chi connectivity index (χ1v) is 5.09. The third kappa shape index (κ3) is 1.75. The average molecular weight is 189 g/mol. The number of hydrogen-bond acceptors (Lipinski definition) is 3. The Morgan fingerprint density at radius 1 is 1.75 bits per heavy atom. The Hall–Kier alpha value is -0.220. The highest BCUT2D eigenvalue weighted by Gasteiger charge is 2.40. The molecule has 1 saturated heterocycles. The van der Waals surface area contributed by atoms with Gasteiger partial charge in [0.1, 0.15) is 6.04 Å². The van der Waals surface area contributed by atoms with Gasteiger partial charge in [0.2, 0.25) is 0 Å². The summed E-state index contributed by atoms with van der Waals surface area (Å²) >= 11 is 1.70. The van der Waals surface area contributed by atoms with Gasteiger partial charge in [-0.1, -0.05) is 13.8 Å². The lowest BCUT2D eigenvalue weighted by Crippen LogP contribution is -2.46. The van der Waals surface area contributed by atoms with E-state index in [-0.39, 0.29) is 10.9 Å². The Balaban J connectivity index is 2.60. The molecule has 3 nitrogen and oxygen atoms in total. The fraction of sp³-hybridized carbons (Fsp3) is 0.875. The third-order valence-corrected chi connectivity index (χ3v) is 4.10. The molecule has 0 aromatic carbocycles. The number of carbonyl (C=O) groups is 1. The van der Waals surface area contributed by atoms with Gasteiger partial charge in [-0.15, -0.1) is 11.8 Å². The molecule has 1 unspecified atom stereocenters. The van der Waals surface area contributed by atoms with Gasteiger partial charge in [0, 0.05) is 5.75 Å². The van der Waals surface area contributed by atoms with Crippen molar-refractivity contribution >= 4 is 17.7 Å². The number of carboxylic acids is 1. The van der Waals surface area contributed by atoms with Crippen molar-refractivity contribution in [3.8, 4) is 0 Å². The van der Waals surface area contributed by atoms with Gasteiger partial charge in [-0.2, -0.15) is 0 Å². The molecule has 0 amide bonds. The van der Waals surface area contributed by atoms with Crippen LogP contribution in [0.15, 0.2) is 0 Å². The van der Waals surface area contributed by atoms with E-state index in [0.29, 0.717) is 11.7 Å². The summed E-state index contributed by atoms with van der Waals surface area (Å²) in [6, 6.07) is -0.373. The van der Waals surface area contributed by atoms with E-state index in [9.17, 15) is 4.79 Å². The summed E-state index contributed by atoms with van der Waals surface area (Å²) in [7, 11) is 0. The third-order valence-electron chi connectivity index (χ3n) is 2.41. The molecule has 1 heterocycles. The van der Waals surface area contributed by atoms with Crippen molar-refractivity contribution in [1.29, 1.82) is 0 Å². The van der Waals surface area contributed by atoms with Crippen molar-refractivity contribution in [1.82, 2.24) is 5.32 Å². The van der Waals surface area contributed by atoms with Gasteiger partial charge in [0.05, 0.1) is 4.87 Å². The molecule has 1 fully saturated rings. The molecule has 4 heteroatoms. The SMILES string of the molecule is CC(C)C1(C)N[C@H](C(=O)O)CS1. The van der Waals surface area contributed by atoms with Gasteiger partial charge in [-0.05, 0) is 12.8 Å². The van der Waals surface area contributed by atoms with Crippen molar-refractivity contribution in [2.75, 3.05) is 5.75 Å². The van der Waals surface area contributed by atoms with E-state index in [1.165, 1.54) is 0 Å². The van der Waals surface area contributed by atoms with E-state index < -0.39 is 5.97 Å². The zero-order valence-corrected chi connectivity index (χ0v) is 8.44. The second-order valence-corrected chi connectivity index (χ2v) is 5.08. The monoisotopic (exact) mass is 189 g/mol. The summed E-state index contributed by atoms with van der Waals surface area (Å²) in [5.74, 6) is 0.378. The van der Waals surface area contributed by atoms with E-state index in [2.05, 4.69) is 26.1 Å². The van der Waals surface area contributed by atoms with E-state index in [0.717, 1.165) is 0 Å². The highest BCUT2D eigenvalue weighted by Crippen LogP contribution is 2.36. The number of aliphatic carboxylic acids is 1. The minimum atomic E-state index is -0.744. The number of nitrogens with one attached hydrogen (secondary N) is 1. The van der Waals surface area contributed by atoms with Gasteiger partial charge in [-0.25, -0.2) is 0 Å². The van der Waals surface area contributed by atoms with Crippen LogP contribution in [0.25, 0.3) is 0 Å². The molecule has 0 aromatic rings. The second-order valence-electron chi connectivity index (χ2n) is 3.61. The molecule has 0 radical (unpaired) electrons. The molecule has 0 aliphatic carbocycles. The first kappa shape index (κ1) is 9.86. The Labute approximate surface area is 76.9 Å². The predicted molar refractivity (Wildman–Crippen MR) is 50.3 cm³/mol. The van der Waals surface area contributed by atoms with Crippen LogP contribution in [0.1, 0.15) is 20.8 Å². The molecule has 70 valence electrons. The van der Waals surface area contributed by atoms with Crippen LogP contribution < -0.4 is 5.32 Å². The molecule has 2 N–H and O–H groups in total. The molecular weight excluding hydrogens is 174 g/mol. The lowest BCUT2D eigenvalue weighted by molar-refractivity contribution is -0.138. The summed E-state index contributed by atoms with van der Waals surface area (Å²) in [6.07, 6.45) is 0. The van der Waals surface area contributed by atoms with Gasteiger partial charge in [-0.3, -0.25) is 10.1 Å². The van der Waals surface area contributed by atoms with E-state index >= 15 is 0 Å². The van der Waals surface area contributed by atoms with Gasteiger partial charge < -0.3 is 5.11 Å². The van der Waals surface area contributed by atoms with Crippen molar-refractivity contribution in [2.24, 2.45) is 5.92 Å². The molecule has 0 bridgehead atoms. The van der Waals surface area contributed by atoms with Crippen LogP contribution in [0.4, 0.5) is 0 Å². The zero-order valence-electron chi connectivity index (χ0n) is 7.63. The smallest absolute Gasteiger partial charge is 0.321 e. The normalized spacial score (nSPS) is 35.8. The molecule has 0 spiro atoms. The highest BCUT2D eigenvalue weighted by molar-refractivity contribution is 8.00. The number of rotatable bonds is 2. The Kier molecular flexibility index (Phi) is 2.68. The first-order valence-electron chi connectivity index (χ1n) is 4.10. The Morgan fingerprint density at radius 3 is 2.58 bits per heavy atom. The van der Waals surface area contributed by atoms with E-state index in [1.54, 1.807) is 11.8 Å². The molecule has 1 aliphatic rings. The Morgan fingerprint density at radius 2 is 2.33 bits per heavy atom. The second kappa shape index (κ2) is 3.26. The highest BCUT2D eigenvalue weighted by atomic mass is 32.2. The topological polar surface area (TPSA) is 49.3 Å². The largest absolute Gasteiger partial charge is 0.480 e. The predicted octanol–water partition coefficient (Wildman–Crippen LogP) is 1.15. The van der Waals surface area contributed by atoms with Crippen LogP contribution in [-0.4, -0.2) is 27.7 Å². The first-order chi connectivity index (χ1) is 5.46. The number of carboxylic acid groups (broad SMARTS) is 1. The maximum Gasteiger partial charge on any atom is 0.321 e. The van der Waals surface area contributed by atoms with Gasteiger partial charge >= 0.3 is 5.97 Å². The summed E-state index contributed by atoms with van der Waals surface area (Å²) in [6.45, 7) is 6.26. The maximum absolute atomic E-state index is 10.6. The summed E-state index contributed by atoms with van der Waals surface area (Å²) in [5.41, 5.74) is 0. The molecule has 1 rings (SSSR count). The van der Waals surface area contributed by atoms with Crippen molar-refractivity contribution in [3.05, 3.63) is 0 Å². The fourth-order valence-corrected chi connectivity index (χ4v) is 2.45. The minimum Gasteiger partial charge on any atom is -0.480 e. The quantitative estimate of drug-likeness (QED) is 0.684. The molecule has 0 aromatic heterocycles. The standard InChI is InChI=1S/C8H15NO2S/c1-5(2)8(3)9-6(4-12-8)7(10)11/h5-6,9H,4H2,1-3H3,(H,10,11)/t6-,8?/m0/s1. The molecule has 12 heavy (non-hydrogen) atoms. The van der Waals surface area contributed by atoms with Crippen molar-refractivity contribution in [2.45, 2.75) is 31.7 Å². The van der Waals surface area contributed by atoms with Crippen molar-refractivity contribution in [3.63, 3.8) is 0 Å². The molecule has 1 aliphatic heterocycles. The summed E-state index contributed by atoms with van der Waals surface area (Å²) in [5, 5.41) is 11.9. The van der Waals surface area contributed by atoms with E-state index in [1.807, 2.05) is 0 Å². The minimum absolute atomic E-state index is 0.0664. The van der Waals surface area contributed by atoms with Crippen LogP contribution >= 0.6 is 11.8 Å². The lowest BCUT2D eigenvalue weighted by Gasteiger charge is -2.28.